The summed E-state index contributed by atoms with van der Waals surface area (Å²) in [7, 11) is 0. The molecule has 0 unspecified atom stereocenters. The summed E-state index contributed by atoms with van der Waals surface area (Å²) in [5.41, 5.74) is 6.96. The molecule has 1 heterocycles. The van der Waals surface area contributed by atoms with Crippen LogP contribution in [0.2, 0.25) is 0 Å². The number of esters is 1. The van der Waals surface area contributed by atoms with Gasteiger partial charge in [-0.25, -0.2) is 0 Å². The molecule has 0 saturated carbocycles. The lowest BCUT2D eigenvalue weighted by atomic mass is 10.3. The SMILES string of the molecule is CCOC(=O)CCCNc1ccnc(C(N)=S)c1. The van der Waals surface area contributed by atoms with Gasteiger partial charge >= 0.3 is 5.97 Å². The Balaban J connectivity index is 2.33. The fourth-order valence-electron chi connectivity index (χ4n) is 1.37. The standard InChI is InChI=1S/C12H17N3O2S/c1-2-17-11(16)4-3-6-14-9-5-7-15-10(8-9)12(13)18/h5,7-8H,2-4,6H2,1H3,(H2,13,18)(H,14,15). The third kappa shape index (κ3) is 5.09. The first kappa shape index (κ1) is 14.4. The Bertz CT molecular complexity index is 424. The number of pyridine rings is 1. The Morgan fingerprint density at radius 2 is 2.39 bits per heavy atom. The third-order valence-electron chi connectivity index (χ3n) is 2.20. The Morgan fingerprint density at radius 3 is 3.06 bits per heavy atom. The molecule has 0 aromatic carbocycles. The molecule has 0 atom stereocenters. The largest absolute Gasteiger partial charge is 0.466 e. The van der Waals surface area contributed by atoms with E-state index in [2.05, 4.69) is 10.3 Å². The summed E-state index contributed by atoms with van der Waals surface area (Å²) in [5.74, 6) is -0.169. The van der Waals surface area contributed by atoms with E-state index in [9.17, 15) is 4.79 Å². The average Bonchev–Trinajstić information content (AvgIpc) is 2.35. The predicted molar refractivity (Wildman–Crippen MR) is 74.5 cm³/mol. The van der Waals surface area contributed by atoms with Crippen LogP contribution in [0.15, 0.2) is 18.3 Å². The Hall–Kier alpha value is -1.69. The van der Waals surface area contributed by atoms with E-state index >= 15 is 0 Å². The minimum Gasteiger partial charge on any atom is -0.466 e. The van der Waals surface area contributed by atoms with Crippen molar-refractivity contribution in [1.29, 1.82) is 0 Å². The van der Waals surface area contributed by atoms with E-state index in [1.807, 2.05) is 6.07 Å². The number of hydrogen-bond acceptors (Lipinski definition) is 5. The number of ether oxygens (including phenoxy) is 1. The van der Waals surface area contributed by atoms with Crippen LogP contribution in [0.4, 0.5) is 5.69 Å². The van der Waals surface area contributed by atoms with Crippen molar-refractivity contribution in [3.05, 3.63) is 24.0 Å². The minimum absolute atomic E-state index is 0.169. The molecule has 1 rings (SSSR count). The molecule has 0 spiro atoms. The van der Waals surface area contributed by atoms with E-state index in [0.29, 0.717) is 31.7 Å². The lowest BCUT2D eigenvalue weighted by Gasteiger charge is -2.07. The lowest BCUT2D eigenvalue weighted by Crippen LogP contribution is -2.12. The number of nitrogens with two attached hydrogens (primary N) is 1. The first-order chi connectivity index (χ1) is 8.63. The zero-order valence-corrected chi connectivity index (χ0v) is 11.1. The summed E-state index contributed by atoms with van der Waals surface area (Å²) < 4.78 is 4.83. The zero-order chi connectivity index (χ0) is 13.4. The number of nitrogens with zero attached hydrogens (tertiary/aromatic N) is 1. The fraction of sp³-hybridized carbons (Fsp3) is 0.417. The highest BCUT2D eigenvalue weighted by atomic mass is 32.1. The summed E-state index contributed by atoms with van der Waals surface area (Å²) in [5, 5.41) is 3.17. The summed E-state index contributed by atoms with van der Waals surface area (Å²) in [4.78, 5) is 15.4. The molecule has 0 saturated heterocycles. The monoisotopic (exact) mass is 267 g/mol. The minimum atomic E-state index is -0.169. The molecular weight excluding hydrogens is 250 g/mol. The summed E-state index contributed by atoms with van der Waals surface area (Å²) >= 11 is 4.85. The molecule has 98 valence electrons. The molecule has 0 amide bonds. The van der Waals surface area contributed by atoms with Gasteiger partial charge in [-0.05, 0) is 25.5 Å². The Kier molecular flexibility index (Phi) is 6.07. The van der Waals surface area contributed by atoms with Crippen LogP contribution in [0.25, 0.3) is 0 Å². The smallest absolute Gasteiger partial charge is 0.305 e. The first-order valence-corrected chi connectivity index (χ1v) is 6.19. The second-order valence-electron chi connectivity index (χ2n) is 3.63. The van der Waals surface area contributed by atoms with E-state index in [0.717, 1.165) is 5.69 Å². The molecule has 0 aliphatic carbocycles. The third-order valence-corrected chi connectivity index (χ3v) is 2.41. The highest BCUT2D eigenvalue weighted by Crippen LogP contribution is 2.08. The van der Waals surface area contributed by atoms with Crippen LogP contribution in [0.5, 0.6) is 0 Å². The molecule has 0 fully saturated rings. The molecule has 0 bridgehead atoms. The normalized spacial score (nSPS) is 9.83. The van der Waals surface area contributed by atoms with Gasteiger partial charge in [-0.3, -0.25) is 9.78 Å². The quantitative estimate of drug-likeness (QED) is 0.442. The van der Waals surface area contributed by atoms with Crippen LogP contribution in [0.3, 0.4) is 0 Å². The van der Waals surface area contributed by atoms with Crippen molar-refractivity contribution >= 4 is 28.9 Å². The van der Waals surface area contributed by atoms with Gasteiger partial charge < -0.3 is 15.8 Å². The van der Waals surface area contributed by atoms with Crippen LogP contribution >= 0.6 is 12.2 Å². The van der Waals surface area contributed by atoms with Gasteiger partial charge in [-0.15, -0.1) is 0 Å². The van der Waals surface area contributed by atoms with Crippen molar-refractivity contribution in [2.45, 2.75) is 19.8 Å². The number of nitrogens with one attached hydrogen (secondary N) is 1. The maximum Gasteiger partial charge on any atom is 0.305 e. The van der Waals surface area contributed by atoms with Gasteiger partial charge in [0, 0.05) is 24.8 Å². The number of hydrogen-bond donors (Lipinski definition) is 2. The van der Waals surface area contributed by atoms with Gasteiger partial charge in [0.15, 0.2) is 0 Å². The highest BCUT2D eigenvalue weighted by Gasteiger charge is 2.02. The van der Waals surface area contributed by atoms with Gasteiger partial charge in [0.25, 0.3) is 0 Å². The van der Waals surface area contributed by atoms with Gasteiger partial charge in [0.1, 0.15) is 4.99 Å². The maximum absolute atomic E-state index is 11.1. The highest BCUT2D eigenvalue weighted by molar-refractivity contribution is 7.80. The number of thiocarbonyl (C=S) groups is 1. The van der Waals surface area contributed by atoms with Crippen LogP contribution in [0.1, 0.15) is 25.5 Å². The molecule has 5 nitrogen and oxygen atoms in total. The van der Waals surface area contributed by atoms with Crippen molar-refractivity contribution in [3.8, 4) is 0 Å². The molecule has 1 aromatic rings. The molecule has 0 radical (unpaired) electrons. The predicted octanol–water partition coefficient (Wildman–Crippen LogP) is 1.47. The van der Waals surface area contributed by atoms with Crippen molar-refractivity contribution in [3.63, 3.8) is 0 Å². The van der Waals surface area contributed by atoms with Gasteiger partial charge in [-0.2, -0.15) is 0 Å². The Labute approximate surface area is 112 Å². The van der Waals surface area contributed by atoms with Crippen molar-refractivity contribution in [1.82, 2.24) is 4.98 Å². The molecular formula is C12H17N3O2S. The van der Waals surface area contributed by atoms with E-state index in [1.54, 1.807) is 19.2 Å². The van der Waals surface area contributed by atoms with Gasteiger partial charge in [-0.1, -0.05) is 12.2 Å². The number of rotatable bonds is 7. The topological polar surface area (TPSA) is 77.2 Å². The average molecular weight is 267 g/mol. The molecule has 0 aliphatic rings. The van der Waals surface area contributed by atoms with Crippen LogP contribution in [-0.2, 0) is 9.53 Å². The van der Waals surface area contributed by atoms with Crippen molar-refractivity contribution < 1.29 is 9.53 Å². The number of anilines is 1. The number of carbonyl (C=O) groups is 1. The molecule has 0 aliphatic heterocycles. The van der Waals surface area contributed by atoms with E-state index in [-0.39, 0.29) is 11.0 Å². The van der Waals surface area contributed by atoms with Crippen LogP contribution in [0, 0.1) is 0 Å². The van der Waals surface area contributed by atoms with E-state index in [1.165, 1.54) is 0 Å². The maximum atomic E-state index is 11.1. The summed E-state index contributed by atoms with van der Waals surface area (Å²) in [6, 6.07) is 3.61. The van der Waals surface area contributed by atoms with E-state index in [4.69, 9.17) is 22.7 Å². The summed E-state index contributed by atoms with van der Waals surface area (Å²) in [6.45, 7) is 2.90. The van der Waals surface area contributed by atoms with Crippen molar-refractivity contribution in [2.75, 3.05) is 18.5 Å². The van der Waals surface area contributed by atoms with Crippen LogP contribution < -0.4 is 11.1 Å². The van der Waals surface area contributed by atoms with E-state index < -0.39 is 0 Å². The second-order valence-corrected chi connectivity index (χ2v) is 4.07. The van der Waals surface area contributed by atoms with Gasteiger partial charge in [0.2, 0.25) is 0 Å². The van der Waals surface area contributed by atoms with Crippen LogP contribution in [-0.4, -0.2) is 29.1 Å². The fourth-order valence-corrected chi connectivity index (χ4v) is 1.49. The van der Waals surface area contributed by atoms with Gasteiger partial charge in [0.05, 0.1) is 12.3 Å². The molecule has 3 N–H and O–H groups in total. The second kappa shape index (κ2) is 7.60. The summed E-state index contributed by atoms with van der Waals surface area (Å²) in [6.07, 6.45) is 2.76. The number of aromatic nitrogens is 1. The van der Waals surface area contributed by atoms with Crippen molar-refractivity contribution in [2.24, 2.45) is 5.73 Å². The Morgan fingerprint density at radius 1 is 1.61 bits per heavy atom. The molecule has 6 heteroatoms. The molecule has 18 heavy (non-hydrogen) atoms. The molecule has 1 aromatic heterocycles. The lowest BCUT2D eigenvalue weighted by molar-refractivity contribution is -0.143. The first-order valence-electron chi connectivity index (χ1n) is 5.79. The number of carbonyl (C=O) groups excluding carboxylic acids is 1. The zero-order valence-electron chi connectivity index (χ0n) is 10.3.